The number of aromatic nitrogens is 5. The lowest BCUT2D eigenvalue weighted by Gasteiger charge is -2.10. The second-order valence-electron chi connectivity index (χ2n) is 10.3. The van der Waals surface area contributed by atoms with Crippen LogP contribution in [0.2, 0.25) is 0 Å². The number of aromatic carboxylic acids is 1. The van der Waals surface area contributed by atoms with Crippen LogP contribution in [0.3, 0.4) is 0 Å². The van der Waals surface area contributed by atoms with E-state index >= 15 is 0 Å². The van der Waals surface area contributed by atoms with Gasteiger partial charge in [-0.25, -0.2) is 18.7 Å². The van der Waals surface area contributed by atoms with E-state index < -0.39 is 5.97 Å². The summed E-state index contributed by atoms with van der Waals surface area (Å²) in [7, 11) is 0. The average molecular weight is 585 g/mol. The SMILES string of the molecule is O=C(O)c1nccc2c3ccccc3n(CCCNC(=O)c3cccc4c(-c5ccncc5)c(-c5ccc(F)cc5)nn34)c12. The topological polar surface area (TPSA) is 114 Å². The quantitative estimate of drug-likeness (QED) is 0.205. The van der Waals surface area contributed by atoms with Crippen molar-refractivity contribution in [3.63, 3.8) is 0 Å². The monoisotopic (exact) mass is 584 g/mol. The number of carboxylic acid groups (broad SMARTS) is 1. The molecule has 5 aromatic heterocycles. The van der Waals surface area contributed by atoms with E-state index in [1.807, 2.05) is 59.2 Å². The van der Waals surface area contributed by atoms with Crippen molar-refractivity contribution in [2.45, 2.75) is 13.0 Å². The molecule has 0 spiro atoms. The fourth-order valence-electron chi connectivity index (χ4n) is 5.77. The predicted molar refractivity (Wildman–Crippen MR) is 165 cm³/mol. The summed E-state index contributed by atoms with van der Waals surface area (Å²) in [4.78, 5) is 33.7. The molecule has 44 heavy (non-hydrogen) atoms. The zero-order valence-electron chi connectivity index (χ0n) is 23.3. The van der Waals surface area contributed by atoms with Gasteiger partial charge in [0.25, 0.3) is 5.91 Å². The third-order valence-corrected chi connectivity index (χ3v) is 7.70. The summed E-state index contributed by atoms with van der Waals surface area (Å²) < 4.78 is 17.3. The minimum Gasteiger partial charge on any atom is -0.476 e. The van der Waals surface area contributed by atoms with Gasteiger partial charge >= 0.3 is 5.97 Å². The van der Waals surface area contributed by atoms with Gasteiger partial charge in [-0.3, -0.25) is 9.78 Å². The molecule has 0 saturated carbocycles. The number of benzene rings is 2. The minimum absolute atomic E-state index is 0.00458. The lowest BCUT2D eigenvalue weighted by Crippen LogP contribution is -2.27. The van der Waals surface area contributed by atoms with Gasteiger partial charge in [-0.1, -0.05) is 24.3 Å². The van der Waals surface area contributed by atoms with Gasteiger partial charge in [0, 0.05) is 59.1 Å². The van der Waals surface area contributed by atoms with Crippen molar-refractivity contribution in [3.05, 3.63) is 121 Å². The van der Waals surface area contributed by atoms with E-state index in [4.69, 9.17) is 5.10 Å². The molecule has 0 fully saturated rings. The standard InChI is InChI=1S/C34H25FN6O3/c35-23-11-9-22(10-12-23)30-29(21-13-17-36-18-14-21)27-7-3-8-28(41(27)39-30)33(42)38-16-4-20-40-26-6-2-1-5-24(26)25-15-19-37-31(32(25)40)34(43)44/h1-3,5-15,17-19H,4,16,20H2,(H,38,42)(H,43,44). The highest BCUT2D eigenvalue weighted by Crippen LogP contribution is 2.35. The molecule has 0 aliphatic heterocycles. The molecule has 0 unspecified atom stereocenters. The first-order valence-corrected chi connectivity index (χ1v) is 14.1. The molecule has 0 aliphatic carbocycles. The second-order valence-corrected chi connectivity index (χ2v) is 10.3. The van der Waals surface area contributed by atoms with E-state index in [0.29, 0.717) is 36.4 Å². The summed E-state index contributed by atoms with van der Waals surface area (Å²) in [5, 5.41) is 19.4. The van der Waals surface area contributed by atoms with Crippen molar-refractivity contribution in [2.75, 3.05) is 6.54 Å². The van der Waals surface area contributed by atoms with Gasteiger partial charge in [0.1, 0.15) is 17.2 Å². The van der Waals surface area contributed by atoms with Gasteiger partial charge in [-0.15, -0.1) is 0 Å². The molecule has 2 N–H and O–H groups in total. The molecule has 0 radical (unpaired) electrons. The Labute approximate surface area is 250 Å². The van der Waals surface area contributed by atoms with Crippen molar-refractivity contribution >= 4 is 39.2 Å². The molecule has 7 aromatic rings. The number of rotatable bonds is 8. The lowest BCUT2D eigenvalue weighted by molar-refractivity contribution is 0.0692. The number of fused-ring (bicyclic) bond motifs is 4. The highest BCUT2D eigenvalue weighted by molar-refractivity contribution is 6.13. The number of carbonyl (C=O) groups excluding carboxylic acids is 1. The number of halogens is 1. The predicted octanol–water partition coefficient (Wildman–Crippen LogP) is 6.22. The van der Waals surface area contributed by atoms with Crippen LogP contribution in [0.5, 0.6) is 0 Å². The van der Waals surface area contributed by atoms with Crippen LogP contribution in [0.25, 0.3) is 49.7 Å². The first kappa shape index (κ1) is 27.0. The Bertz CT molecular complexity index is 2190. The van der Waals surface area contributed by atoms with Gasteiger partial charge in [-0.05, 0) is 72.6 Å². The Morgan fingerprint density at radius 2 is 1.59 bits per heavy atom. The van der Waals surface area contributed by atoms with Crippen LogP contribution in [-0.2, 0) is 6.54 Å². The second kappa shape index (κ2) is 11.1. The molecular formula is C34H25FN6O3. The van der Waals surface area contributed by atoms with E-state index in [1.165, 1.54) is 18.3 Å². The van der Waals surface area contributed by atoms with Crippen molar-refractivity contribution < 1.29 is 19.1 Å². The Morgan fingerprint density at radius 3 is 2.39 bits per heavy atom. The molecule has 1 amide bonds. The summed E-state index contributed by atoms with van der Waals surface area (Å²) >= 11 is 0. The van der Waals surface area contributed by atoms with E-state index in [2.05, 4.69) is 15.3 Å². The number of para-hydroxylation sites is 1. The summed E-state index contributed by atoms with van der Waals surface area (Å²) in [6.07, 6.45) is 5.44. The largest absolute Gasteiger partial charge is 0.476 e. The number of aryl methyl sites for hydroxylation is 1. The molecule has 9 nitrogen and oxygen atoms in total. The number of hydrogen-bond donors (Lipinski definition) is 2. The first-order valence-electron chi connectivity index (χ1n) is 14.1. The average Bonchev–Trinajstić information content (AvgIpc) is 3.60. The molecule has 2 aromatic carbocycles. The van der Waals surface area contributed by atoms with Crippen LogP contribution < -0.4 is 5.32 Å². The molecule has 216 valence electrons. The first-order chi connectivity index (χ1) is 21.5. The van der Waals surface area contributed by atoms with Crippen LogP contribution in [-0.4, -0.2) is 47.7 Å². The maximum absolute atomic E-state index is 13.7. The summed E-state index contributed by atoms with van der Waals surface area (Å²) in [6, 6.07) is 24.8. The molecule has 7 rings (SSSR count). The molecule has 0 bridgehead atoms. The third-order valence-electron chi connectivity index (χ3n) is 7.70. The lowest BCUT2D eigenvalue weighted by atomic mass is 10.0. The Hall–Kier alpha value is -5.90. The molecule has 5 heterocycles. The molecule has 0 saturated heterocycles. The van der Waals surface area contributed by atoms with E-state index in [9.17, 15) is 19.1 Å². The van der Waals surface area contributed by atoms with E-state index in [1.54, 1.807) is 35.1 Å². The highest BCUT2D eigenvalue weighted by atomic mass is 19.1. The zero-order chi connectivity index (χ0) is 30.2. The number of amides is 1. The maximum Gasteiger partial charge on any atom is 0.356 e. The molecular weight excluding hydrogens is 559 g/mol. The summed E-state index contributed by atoms with van der Waals surface area (Å²) in [6.45, 7) is 0.818. The van der Waals surface area contributed by atoms with Gasteiger partial charge in [-0.2, -0.15) is 5.10 Å². The fourth-order valence-corrected chi connectivity index (χ4v) is 5.77. The Kier molecular flexibility index (Phi) is 6.78. The number of hydrogen-bond acceptors (Lipinski definition) is 5. The van der Waals surface area contributed by atoms with Gasteiger partial charge in [0.05, 0.1) is 11.0 Å². The van der Waals surface area contributed by atoms with E-state index in [-0.39, 0.29) is 17.4 Å². The van der Waals surface area contributed by atoms with Crippen molar-refractivity contribution in [1.29, 1.82) is 0 Å². The van der Waals surface area contributed by atoms with Crippen LogP contribution in [0.4, 0.5) is 4.39 Å². The third kappa shape index (κ3) is 4.62. The van der Waals surface area contributed by atoms with E-state index in [0.717, 1.165) is 38.5 Å². The van der Waals surface area contributed by atoms with Gasteiger partial charge < -0.3 is 15.0 Å². The number of carboxylic acids is 1. The van der Waals surface area contributed by atoms with Crippen LogP contribution in [0.15, 0.2) is 104 Å². The number of pyridine rings is 3. The molecule has 0 aliphatic rings. The Morgan fingerprint density at radius 1 is 0.818 bits per heavy atom. The summed E-state index contributed by atoms with van der Waals surface area (Å²) in [5.41, 5.74) is 5.54. The number of carbonyl (C=O) groups is 2. The van der Waals surface area contributed by atoms with Crippen LogP contribution in [0, 0.1) is 5.82 Å². The summed E-state index contributed by atoms with van der Waals surface area (Å²) in [5.74, 6) is -1.74. The Balaban J connectivity index is 1.18. The normalized spacial score (nSPS) is 11.4. The fraction of sp³-hybridized carbons (Fsp3) is 0.0882. The van der Waals surface area contributed by atoms with Crippen LogP contribution in [0.1, 0.15) is 27.4 Å². The number of nitrogens with zero attached hydrogens (tertiary/aromatic N) is 5. The molecule has 10 heteroatoms. The van der Waals surface area contributed by atoms with Gasteiger partial charge in [0.15, 0.2) is 5.69 Å². The van der Waals surface area contributed by atoms with Crippen LogP contribution >= 0.6 is 0 Å². The molecule has 0 atom stereocenters. The minimum atomic E-state index is -1.09. The zero-order valence-corrected chi connectivity index (χ0v) is 23.3. The maximum atomic E-state index is 13.7. The number of nitrogens with one attached hydrogen (secondary N) is 1. The van der Waals surface area contributed by atoms with Crippen molar-refractivity contribution in [2.24, 2.45) is 0 Å². The van der Waals surface area contributed by atoms with Gasteiger partial charge in [0.2, 0.25) is 0 Å². The highest BCUT2D eigenvalue weighted by Gasteiger charge is 2.21. The van der Waals surface area contributed by atoms with Crippen molar-refractivity contribution in [1.82, 2.24) is 29.5 Å². The van der Waals surface area contributed by atoms with Crippen molar-refractivity contribution in [3.8, 4) is 22.4 Å². The smallest absolute Gasteiger partial charge is 0.356 e.